The molecule has 0 amide bonds. The van der Waals surface area contributed by atoms with E-state index in [-0.39, 0.29) is 10.9 Å². The van der Waals surface area contributed by atoms with Crippen LogP contribution < -0.4 is 0 Å². The molecular weight excluding hydrogens is 302 g/mol. The van der Waals surface area contributed by atoms with Gasteiger partial charge in [0.05, 0.1) is 6.04 Å². The van der Waals surface area contributed by atoms with Gasteiger partial charge in [-0.2, -0.15) is 4.31 Å². The van der Waals surface area contributed by atoms with Gasteiger partial charge in [-0.1, -0.05) is 6.42 Å². The first-order valence-corrected chi connectivity index (χ1v) is 8.88. The quantitative estimate of drug-likeness (QED) is 0.854. The molecule has 0 bridgehead atoms. The molecule has 0 radical (unpaired) electrons. The van der Waals surface area contributed by atoms with E-state index < -0.39 is 10.0 Å². The Hall–Kier alpha value is -1.80. The lowest BCUT2D eigenvalue weighted by atomic mass is 10.0. The van der Waals surface area contributed by atoms with Crippen molar-refractivity contribution in [2.45, 2.75) is 43.7 Å². The molecule has 22 heavy (non-hydrogen) atoms. The van der Waals surface area contributed by atoms with Crippen molar-refractivity contribution in [1.29, 1.82) is 0 Å². The summed E-state index contributed by atoms with van der Waals surface area (Å²) in [5, 5.41) is 8.10. The number of aromatic nitrogens is 4. The van der Waals surface area contributed by atoms with E-state index in [9.17, 15) is 8.42 Å². The van der Waals surface area contributed by atoms with Crippen LogP contribution in [-0.2, 0) is 16.6 Å². The van der Waals surface area contributed by atoms with Crippen LogP contribution in [0.15, 0.2) is 35.7 Å². The third-order valence-electron chi connectivity index (χ3n) is 3.98. The van der Waals surface area contributed by atoms with E-state index in [4.69, 9.17) is 0 Å². The molecule has 1 fully saturated rings. The second kappa shape index (κ2) is 6.13. The lowest BCUT2D eigenvalue weighted by Crippen LogP contribution is -2.39. The Kier molecular flexibility index (Phi) is 4.21. The van der Waals surface area contributed by atoms with E-state index in [2.05, 4.69) is 15.2 Å². The van der Waals surface area contributed by atoms with Gasteiger partial charge in [0.15, 0.2) is 5.82 Å². The molecule has 3 rings (SSSR count). The van der Waals surface area contributed by atoms with Crippen molar-refractivity contribution in [3.05, 3.63) is 36.7 Å². The normalized spacial score (nSPS) is 20.1. The summed E-state index contributed by atoms with van der Waals surface area (Å²) in [4.78, 5) is 4.15. The molecule has 0 N–H and O–H groups in total. The van der Waals surface area contributed by atoms with Crippen LogP contribution in [0.1, 0.15) is 38.1 Å². The number of pyridine rings is 1. The highest BCUT2D eigenvalue weighted by Gasteiger charge is 2.36. The van der Waals surface area contributed by atoms with Crippen LogP contribution in [0.25, 0.3) is 0 Å². The third-order valence-corrected chi connectivity index (χ3v) is 5.87. The molecule has 2 aromatic rings. The Balaban J connectivity index is 2.00. The molecule has 3 heterocycles. The molecule has 8 heteroatoms. The minimum atomic E-state index is -3.57. The zero-order valence-corrected chi connectivity index (χ0v) is 13.3. The van der Waals surface area contributed by atoms with Gasteiger partial charge in [-0.15, -0.1) is 10.2 Å². The van der Waals surface area contributed by atoms with E-state index >= 15 is 0 Å². The highest BCUT2D eigenvalue weighted by atomic mass is 32.2. The van der Waals surface area contributed by atoms with Gasteiger partial charge in [-0.05, 0) is 31.9 Å². The molecule has 118 valence electrons. The highest BCUT2D eigenvalue weighted by molar-refractivity contribution is 7.89. The molecule has 0 spiro atoms. The fourth-order valence-electron chi connectivity index (χ4n) is 2.85. The summed E-state index contributed by atoms with van der Waals surface area (Å²) in [7, 11) is -3.57. The van der Waals surface area contributed by atoms with Gasteiger partial charge in [0.25, 0.3) is 0 Å². The molecule has 1 atom stereocenters. The van der Waals surface area contributed by atoms with Gasteiger partial charge in [-0.3, -0.25) is 4.98 Å². The molecule has 0 unspecified atom stereocenters. The smallest absolute Gasteiger partial charge is 0.245 e. The predicted molar refractivity (Wildman–Crippen MR) is 80.4 cm³/mol. The monoisotopic (exact) mass is 321 g/mol. The molecule has 1 saturated heterocycles. The van der Waals surface area contributed by atoms with Gasteiger partial charge in [0.2, 0.25) is 10.0 Å². The summed E-state index contributed by atoms with van der Waals surface area (Å²) in [5.74, 6) is 0.717. The van der Waals surface area contributed by atoms with Crippen LogP contribution in [0, 0.1) is 0 Å². The van der Waals surface area contributed by atoms with Crippen LogP contribution in [0.5, 0.6) is 0 Å². The Labute approximate surface area is 130 Å². The predicted octanol–water partition coefficient (Wildman–Crippen LogP) is 1.61. The summed E-state index contributed by atoms with van der Waals surface area (Å²) in [6.07, 6.45) is 7.22. The van der Waals surface area contributed by atoms with Crippen LogP contribution in [0.4, 0.5) is 0 Å². The molecule has 1 aliphatic heterocycles. The zero-order valence-electron chi connectivity index (χ0n) is 12.5. The van der Waals surface area contributed by atoms with Gasteiger partial charge in [-0.25, -0.2) is 8.42 Å². The number of hydrogen-bond donors (Lipinski definition) is 0. The van der Waals surface area contributed by atoms with Crippen molar-refractivity contribution >= 4 is 10.0 Å². The summed E-state index contributed by atoms with van der Waals surface area (Å²) in [5.41, 5.74) is 0. The molecule has 2 aromatic heterocycles. The molecule has 0 aliphatic carbocycles. The molecule has 1 aliphatic rings. The maximum atomic E-state index is 12.9. The number of rotatable bonds is 4. The summed E-state index contributed by atoms with van der Waals surface area (Å²) < 4.78 is 29.3. The van der Waals surface area contributed by atoms with Crippen LogP contribution >= 0.6 is 0 Å². The van der Waals surface area contributed by atoms with Gasteiger partial charge in [0, 0.05) is 25.5 Å². The fraction of sp³-hybridized carbons (Fsp3) is 0.500. The van der Waals surface area contributed by atoms with E-state index in [1.165, 1.54) is 6.20 Å². The first kappa shape index (κ1) is 15.1. The molecule has 0 aromatic carbocycles. The van der Waals surface area contributed by atoms with Gasteiger partial charge in [0.1, 0.15) is 11.2 Å². The maximum Gasteiger partial charge on any atom is 0.245 e. The van der Waals surface area contributed by atoms with Crippen molar-refractivity contribution in [2.24, 2.45) is 0 Å². The van der Waals surface area contributed by atoms with Gasteiger partial charge < -0.3 is 4.57 Å². The third kappa shape index (κ3) is 2.64. The maximum absolute atomic E-state index is 12.9. The summed E-state index contributed by atoms with van der Waals surface area (Å²) in [6, 6.07) is 2.96. The lowest BCUT2D eigenvalue weighted by Gasteiger charge is -2.33. The largest absolute Gasteiger partial charge is 0.317 e. The average Bonchev–Trinajstić information content (AvgIpc) is 3.04. The van der Waals surface area contributed by atoms with Crippen LogP contribution in [0.2, 0.25) is 0 Å². The Bertz CT molecular complexity index is 729. The first-order chi connectivity index (χ1) is 10.6. The second-order valence-corrected chi connectivity index (χ2v) is 7.18. The molecular formula is C14H19N5O2S. The second-order valence-electron chi connectivity index (χ2n) is 5.29. The number of sulfonamides is 1. The minimum Gasteiger partial charge on any atom is -0.317 e. The Morgan fingerprint density at radius 1 is 1.36 bits per heavy atom. The Morgan fingerprint density at radius 3 is 2.95 bits per heavy atom. The van der Waals surface area contributed by atoms with E-state index in [1.54, 1.807) is 29.0 Å². The van der Waals surface area contributed by atoms with Crippen molar-refractivity contribution in [3.8, 4) is 0 Å². The number of piperidine rings is 1. The minimum absolute atomic E-state index is 0.226. The Morgan fingerprint density at radius 2 is 2.23 bits per heavy atom. The molecule has 7 nitrogen and oxygen atoms in total. The van der Waals surface area contributed by atoms with Crippen LogP contribution in [-0.4, -0.2) is 39.0 Å². The van der Waals surface area contributed by atoms with Crippen LogP contribution in [0.3, 0.4) is 0 Å². The van der Waals surface area contributed by atoms with Crippen molar-refractivity contribution in [2.75, 3.05) is 6.54 Å². The molecule has 0 saturated carbocycles. The van der Waals surface area contributed by atoms with Crippen molar-refractivity contribution < 1.29 is 8.42 Å². The first-order valence-electron chi connectivity index (χ1n) is 7.44. The number of nitrogens with zero attached hydrogens (tertiary/aromatic N) is 5. The summed E-state index contributed by atoms with van der Waals surface area (Å²) in [6.45, 7) is 3.22. The van der Waals surface area contributed by atoms with E-state index in [0.29, 0.717) is 6.54 Å². The SMILES string of the molecule is CCn1cnnc1[C@H]1CCCCN1S(=O)(=O)c1cccnc1. The van der Waals surface area contributed by atoms with Gasteiger partial charge >= 0.3 is 0 Å². The van der Waals surface area contributed by atoms with E-state index in [0.717, 1.165) is 31.6 Å². The van der Waals surface area contributed by atoms with E-state index in [1.807, 2.05) is 11.5 Å². The average molecular weight is 321 g/mol. The topological polar surface area (TPSA) is 81.0 Å². The van der Waals surface area contributed by atoms with Crippen molar-refractivity contribution in [1.82, 2.24) is 24.1 Å². The highest BCUT2D eigenvalue weighted by Crippen LogP contribution is 2.34. The standard InChI is InChI=1S/C14H19N5O2S/c1-2-18-11-16-17-14(18)13-7-3-4-9-19(13)22(20,21)12-6-5-8-15-10-12/h5-6,8,10-11,13H,2-4,7,9H2,1H3/t13-/m1/s1. The van der Waals surface area contributed by atoms with Crippen molar-refractivity contribution in [3.63, 3.8) is 0 Å². The lowest BCUT2D eigenvalue weighted by molar-refractivity contribution is 0.241. The number of hydrogen-bond acceptors (Lipinski definition) is 5. The zero-order chi connectivity index (χ0) is 15.6. The summed E-state index contributed by atoms with van der Waals surface area (Å²) >= 11 is 0. The fourth-order valence-corrected chi connectivity index (χ4v) is 4.47. The number of aryl methyl sites for hydroxylation is 1.